The van der Waals surface area contributed by atoms with Gasteiger partial charge in [0, 0.05) is 28.8 Å². The molecule has 0 saturated carbocycles. The van der Waals surface area contributed by atoms with Crippen molar-refractivity contribution in [1.82, 2.24) is 9.97 Å². The normalized spacial score (nSPS) is 10.4. The number of halogens is 2. The lowest BCUT2D eigenvalue weighted by atomic mass is 10.1. The first-order valence-electron chi connectivity index (χ1n) is 5.34. The van der Waals surface area contributed by atoms with E-state index in [1.807, 2.05) is 6.92 Å². The van der Waals surface area contributed by atoms with E-state index in [2.05, 4.69) is 15.4 Å². The number of nitrogen functional groups attached to an aromatic ring is 1. The van der Waals surface area contributed by atoms with Gasteiger partial charge in [0.15, 0.2) is 0 Å². The molecule has 0 fully saturated rings. The van der Waals surface area contributed by atoms with Crippen LogP contribution >= 0.6 is 11.6 Å². The van der Waals surface area contributed by atoms with Crippen molar-refractivity contribution in [3.63, 3.8) is 0 Å². The SMILES string of the molecule is Cc1cc(NN)nc(Cc2c(F)cccc2Cl)n1. The van der Waals surface area contributed by atoms with Crippen LogP contribution in [0.15, 0.2) is 24.3 Å². The van der Waals surface area contributed by atoms with Crippen LogP contribution in [0.3, 0.4) is 0 Å². The number of nitrogens with zero attached hydrogens (tertiary/aromatic N) is 2. The molecule has 2 aromatic rings. The molecule has 6 heteroatoms. The summed E-state index contributed by atoms with van der Waals surface area (Å²) in [6.07, 6.45) is 0.224. The Hall–Kier alpha value is -1.72. The summed E-state index contributed by atoms with van der Waals surface area (Å²) in [5.41, 5.74) is 3.58. The monoisotopic (exact) mass is 266 g/mol. The molecule has 3 N–H and O–H groups in total. The Balaban J connectivity index is 2.37. The Morgan fingerprint density at radius 3 is 2.83 bits per heavy atom. The van der Waals surface area contributed by atoms with Gasteiger partial charge < -0.3 is 5.43 Å². The van der Waals surface area contributed by atoms with E-state index in [9.17, 15) is 4.39 Å². The molecule has 0 aliphatic rings. The number of rotatable bonds is 3. The number of nitrogens with two attached hydrogens (primary N) is 1. The van der Waals surface area contributed by atoms with Crippen molar-refractivity contribution in [1.29, 1.82) is 0 Å². The van der Waals surface area contributed by atoms with Crippen LogP contribution in [0.4, 0.5) is 10.2 Å². The molecule has 94 valence electrons. The molecule has 18 heavy (non-hydrogen) atoms. The number of hydrogen-bond acceptors (Lipinski definition) is 4. The summed E-state index contributed by atoms with van der Waals surface area (Å²) >= 11 is 5.96. The Kier molecular flexibility index (Phi) is 3.74. The molecular formula is C12H12ClFN4. The van der Waals surface area contributed by atoms with Gasteiger partial charge in [-0.3, -0.25) is 0 Å². The van der Waals surface area contributed by atoms with Crippen LogP contribution in [0.2, 0.25) is 5.02 Å². The highest BCUT2D eigenvalue weighted by Crippen LogP contribution is 2.21. The standard InChI is InChI=1S/C12H12ClFN4/c1-7-5-12(18-15)17-11(16-7)6-8-9(13)3-2-4-10(8)14/h2-5H,6,15H2,1H3,(H,16,17,18). The van der Waals surface area contributed by atoms with Gasteiger partial charge in [-0.2, -0.15) is 0 Å². The number of nitrogens with one attached hydrogen (secondary N) is 1. The summed E-state index contributed by atoms with van der Waals surface area (Å²) in [5.74, 6) is 5.89. The van der Waals surface area contributed by atoms with Crippen LogP contribution in [0.25, 0.3) is 0 Å². The molecule has 0 spiro atoms. The molecule has 0 bridgehead atoms. The van der Waals surface area contributed by atoms with Gasteiger partial charge in [-0.05, 0) is 19.1 Å². The average Bonchev–Trinajstić information content (AvgIpc) is 2.33. The maximum Gasteiger partial charge on any atom is 0.143 e. The predicted octanol–water partition coefficient (Wildman–Crippen LogP) is 2.45. The minimum absolute atomic E-state index is 0.224. The van der Waals surface area contributed by atoms with Crippen molar-refractivity contribution in [2.75, 3.05) is 5.43 Å². The van der Waals surface area contributed by atoms with E-state index in [1.54, 1.807) is 18.2 Å². The fraction of sp³-hybridized carbons (Fsp3) is 0.167. The Bertz CT molecular complexity index is 554. The summed E-state index contributed by atoms with van der Waals surface area (Å²) in [5, 5.41) is 0.363. The van der Waals surface area contributed by atoms with Crippen LogP contribution in [0.5, 0.6) is 0 Å². The molecule has 0 unspecified atom stereocenters. The molecular weight excluding hydrogens is 255 g/mol. The van der Waals surface area contributed by atoms with Crippen molar-refractivity contribution >= 4 is 17.4 Å². The number of aryl methyl sites for hydroxylation is 1. The van der Waals surface area contributed by atoms with Crippen LogP contribution in [0, 0.1) is 12.7 Å². The largest absolute Gasteiger partial charge is 0.308 e. The zero-order valence-corrected chi connectivity index (χ0v) is 10.5. The minimum atomic E-state index is -0.366. The van der Waals surface area contributed by atoms with Crippen molar-refractivity contribution in [2.45, 2.75) is 13.3 Å². The van der Waals surface area contributed by atoms with Crippen molar-refractivity contribution < 1.29 is 4.39 Å². The molecule has 0 aliphatic heterocycles. The van der Waals surface area contributed by atoms with Crippen molar-refractivity contribution in [2.24, 2.45) is 5.84 Å². The van der Waals surface area contributed by atoms with Gasteiger partial charge in [0.1, 0.15) is 17.5 Å². The van der Waals surface area contributed by atoms with E-state index in [0.29, 0.717) is 22.2 Å². The Morgan fingerprint density at radius 2 is 2.17 bits per heavy atom. The van der Waals surface area contributed by atoms with E-state index in [1.165, 1.54) is 6.07 Å². The summed E-state index contributed by atoms with van der Waals surface area (Å²) in [7, 11) is 0. The molecule has 0 saturated heterocycles. The molecule has 2 rings (SSSR count). The first-order valence-corrected chi connectivity index (χ1v) is 5.72. The van der Waals surface area contributed by atoms with Crippen LogP contribution in [0.1, 0.15) is 17.1 Å². The highest BCUT2D eigenvalue weighted by Gasteiger charge is 2.10. The molecule has 0 radical (unpaired) electrons. The van der Waals surface area contributed by atoms with Gasteiger partial charge in [-0.1, -0.05) is 17.7 Å². The lowest BCUT2D eigenvalue weighted by Crippen LogP contribution is -2.11. The summed E-state index contributed by atoms with van der Waals surface area (Å²) < 4.78 is 13.6. The second-order valence-corrected chi connectivity index (χ2v) is 4.24. The van der Waals surface area contributed by atoms with Crippen molar-refractivity contribution in [3.05, 3.63) is 52.2 Å². The van der Waals surface area contributed by atoms with E-state index in [4.69, 9.17) is 17.4 Å². The quantitative estimate of drug-likeness (QED) is 0.662. The summed E-state index contributed by atoms with van der Waals surface area (Å²) in [6, 6.07) is 6.26. The maximum absolute atomic E-state index is 13.6. The minimum Gasteiger partial charge on any atom is -0.308 e. The number of aromatic nitrogens is 2. The van der Waals surface area contributed by atoms with Crippen LogP contribution in [-0.2, 0) is 6.42 Å². The summed E-state index contributed by atoms with van der Waals surface area (Å²) in [6.45, 7) is 1.81. The highest BCUT2D eigenvalue weighted by molar-refractivity contribution is 6.31. The Labute approximate surface area is 109 Å². The second-order valence-electron chi connectivity index (χ2n) is 3.83. The van der Waals surface area contributed by atoms with Gasteiger partial charge in [-0.15, -0.1) is 0 Å². The van der Waals surface area contributed by atoms with Crippen molar-refractivity contribution in [3.8, 4) is 0 Å². The van der Waals surface area contributed by atoms with E-state index in [-0.39, 0.29) is 12.2 Å². The van der Waals surface area contributed by atoms with Crippen LogP contribution in [-0.4, -0.2) is 9.97 Å². The first-order chi connectivity index (χ1) is 8.60. The van der Waals surface area contributed by atoms with E-state index in [0.717, 1.165) is 5.69 Å². The number of hydrogen-bond donors (Lipinski definition) is 2. The topological polar surface area (TPSA) is 63.8 Å². The number of anilines is 1. The number of hydrazine groups is 1. The lowest BCUT2D eigenvalue weighted by molar-refractivity contribution is 0.612. The molecule has 1 aromatic carbocycles. The van der Waals surface area contributed by atoms with Gasteiger partial charge in [0.25, 0.3) is 0 Å². The zero-order chi connectivity index (χ0) is 13.1. The first kappa shape index (κ1) is 12.7. The molecule has 4 nitrogen and oxygen atoms in total. The van der Waals surface area contributed by atoms with Gasteiger partial charge in [0.05, 0.1) is 0 Å². The smallest absolute Gasteiger partial charge is 0.143 e. The molecule has 1 aromatic heterocycles. The molecule has 0 amide bonds. The van der Waals surface area contributed by atoms with E-state index < -0.39 is 0 Å². The molecule has 0 aliphatic carbocycles. The zero-order valence-electron chi connectivity index (χ0n) is 9.74. The highest BCUT2D eigenvalue weighted by atomic mass is 35.5. The molecule has 0 atom stereocenters. The third kappa shape index (κ3) is 2.75. The van der Waals surface area contributed by atoms with Crippen LogP contribution < -0.4 is 11.3 Å². The maximum atomic E-state index is 13.6. The fourth-order valence-electron chi connectivity index (χ4n) is 1.64. The average molecular weight is 267 g/mol. The predicted molar refractivity (Wildman–Crippen MR) is 68.8 cm³/mol. The third-order valence-corrected chi connectivity index (χ3v) is 2.80. The van der Waals surface area contributed by atoms with Gasteiger partial charge in [0.2, 0.25) is 0 Å². The van der Waals surface area contributed by atoms with Gasteiger partial charge >= 0.3 is 0 Å². The fourth-order valence-corrected chi connectivity index (χ4v) is 1.87. The Morgan fingerprint density at radius 1 is 1.39 bits per heavy atom. The second kappa shape index (κ2) is 5.29. The van der Waals surface area contributed by atoms with E-state index >= 15 is 0 Å². The lowest BCUT2D eigenvalue weighted by Gasteiger charge is -2.07. The number of benzene rings is 1. The van der Waals surface area contributed by atoms with Gasteiger partial charge in [-0.25, -0.2) is 20.2 Å². The third-order valence-electron chi connectivity index (χ3n) is 2.44. The molecule has 1 heterocycles. The summed E-state index contributed by atoms with van der Waals surface area (Å²) in [4.78, 5) is 8.38.